The third-order valence-electron chi connectivity index (χ3n) is 4.89. The van der Waals surface area contributed by atoms with E-state index in [1.807, 2.05) is 36.4 Å². The molecule has 3 aromatic carbocycles. The number of phenols is 1. The van der Waals surface area contributed by atoms with Crippen LogP contribution in [0, 0.1) is 0 Å². The van der Waals surface area contributed by atoms with Crippen LogP contribution in [0.25, 0.3) is 33.1 Å². The molecule has 0 aliphatic carbocycles. The van der Waals surface area contributed by atoms with E-state index in [1.165, 1.54) is 6.21 Å². The van der Waals surface area contributed by atoms with Crippen molar-refractivity contribution in [3.63, 3.8) is 0 Å². The molecule has 0 aliphatic heterocycles. The molecule has 0 radical (unpaired) electrons. The summed E-state index contributed by atoms with van der Waals surface area (Å²) in [7, 11) is 0. The van der Waals surface area contributed by atoms with E-state index >= 15 is 0 Å². The molecule has 0 unspecified atom stereocenters. The van der Waals surface area contributed by atoms with Crippen molar-refractivity contribution in [3.05, 3.63) is 77.3 Å². The Morgan fingerprint density at radius 1 is 1.06 bits per heavy atom. The van der Waals surface area contributed by atoms with Crippen molar-refractivity contribution in [1.82, 2.24) is 20.0 Å². The lowest BCUT2D eigenvalue weighted by Gasteiger charge is -2.06. The number of hydrazone groups is 1. The minimum absolute atomic E-state index is 0.00598. The highest BCUT2D eigenvalue weighted by atomic mass is 35.5. The van der Waals surface area contributed by atoms with Gasteiger partial charge in [0.1, 0.15) is 17.8 Å². The lowest BCUT2D eigenvalue weighted by atomic mass is 10.2. The summed E-state index contributed by atoms with van der Waals surface area (Å²) in [5.41, 5.74) is 6.80. The van der Waals surface area contributed by atoms with Gasteiger partial charge in [-0.25, -0.2) is 15.4 Å². The number of para-hydroxylation sites is 2. The van der Waals surface area contributed by atoms with E-state index < -0.39 is 0 Å². The van der Waals surface area contributed by atoms with Gasteiger partial charge in [-0.05, 0) is 48.0 Å². The van der Waals surface area contributed by atoms with E-state index in [0.29, 0.717) is 21.7 Å². The second-order valence-corrected chi connectivity index (χ2v) is 7.46. The lowest BCUT2D eigenvalue weighted by Crippen LogP contribution is -2.23. The molecule has 2 N–H and O–H groups in total. The Morgan fingerprint density at radius 2 is 1.87 bits per heavy atom. The average molecular weight is 430 g/mol. The number of nitrogens with one attached hydrogen (secondary N) is 1. The second kappa shape index (κ2) is 7.70. The molecule has 0 bridgehead atoms. The Morgan fingerprint density at radius 3 is 2.68 bits per heavy atom. The average Bonchev–Trinajstić information content (AvgIpc) is 3.04. The van der Waals surface area contributed by atoms with Crippen LogP contribution >= 0.6 is 11.6 Å². The predicted molar refractivity (Wildman–Crippen MR) is 121 cm³/mol. The highest BCUT2D eigenvalue weighted by Gasteiger charge is 2.17. The van der Waals surface area contributed by atoms with E-state index in [-0.39, 0.29) is 18.2 Å². The van der Waals surface area contributed by atoms with Crippen LogP contribution in [0.2, 0.25) is 5.02 Å². The van der Waals surface area contributed by atoms with E-state index in [9.17, 15) is 9.90 Å². The number of aromatic hydroxyl groups is 1. The van der Waals surface area contributed by atoms with Crippen LogP contribution < -0.4 is 5.43 Å². The van der Waals surface area contributed by atoms with Gasteiger partial charge in [0.2, 0.25) is 0 Å². The zero-order valence-electron chi connectivity index (χ0n) is 16.2. The number of nitrogens with zero attached hydrogens (tertiary/aromatic N) is 4. The smallest absolute Gasteiger partial charge is 0.260 e. The minimum atomic E-state index is -0.319. The van der Waals surface area contributed by atoms with Crippen molar-refractivity contribution < 1.29 is 9.90 Å². The molecule has 2 aromatic heterocycles. The molecule has 31 heavy (non-hydrogen) atoms. The van der Waals surface area contributed by atoms with Gasteiger partial charge in [-0.1, -0.05) is 35.9 Å². The van der Waals surface area contributed by atoms with E-state index in [2.05, 4.69) is 10.5 Å². The van der Waals surface area contributed by atoms with Crippen molar-refractivity contribution >= 4 is 56.8 Å². The highest BCUT2D eigenvalue weighted by Crippen LogP contribution is 2.30. The summed E-state index contributed by atoms with van der Waals surface area (Å²) in [6, 6.07) is 19.6. The molecule has 0 atom stereocenters. The van der Waals surface area contributed by atoms with Crippen molar-refractivity contribution in [3.8, 4) is 5.75 Å². The van der Waals surface area contributed by atoms with E-state index in [0.717, 1.165) is 21.9 Å². The molecule has 0 saturated carbocycles. The van der Waals surface area contributed by atoms with Crippen LogP contribution in [-0.4, -0.2) is 31.8 Å². The molecule has 0 spiro atoms. The topological polar surface area (TPSA) is 92.4 Å². The molecule has 5 aromatic rings. The zero-order valence-corrected chi connectivity index (χ0v) is 16.9. The fourth-order valence-electron chi connectivity index (χ4n) is 3.53. The monoisotopic (exact) mass is 429 g/mol. The number of carbonyl (C=O) groups excluding carboxylic acids is 1. The number of phenolic OH excluding ortho intramolecular Hbond substituents is 1. The fraction of sp³-hybridized carbons (Fsp3) is 0.0435. The number of carbonyl (C=O) groups is 1. The molecule has 152 valence electrons. The summed E-state index contributed by atoms with van der Waals surface area (Å²) in [5, 5.41) is 14.9. The summed E-state index contributed by atoms with van der Waals surface area (Å²) in [6.45, 7) is 0.00598. The van der Waals surface area contributed by atoms with Gasteiger partial charge in [0, 0.05) is 10.4 Å². The first kappa shape index (κ1) is 19.0. The quantitative estimate of drug-likeness (QED) is 0.330. The Kier molecular flexibility index (Phi) is 4.72. The summed E-state index contributed by atoms with van der Waals surface area (Å²) in [6.07, 6.45) is 1.47. The van der Waals surface area contributed by atoms with E-state index in [4.69, 9.17) is 21.6 Å². The second-order valence-electron chi connectivity index (χ2n) is 7.02. The number of amides is 1. The Bertz CT molecular complexity index is 1490. The SMILES string of the molecule is O=C(Cn1c2ccc(Cl)cc2c2nc3ccccc3nc21)NN=Cc1cccc(O)c1. The molecule has 2 heterocycles. The molecule has 0 saturated heterocycles. The van der Waals surface area contributed by atoms with Gasteiger partial charge in [0.05, 0.1) is 22.8 Å². The largest absolute Gasteiger partial charge is 0.508 e. The Balaban J connectivity index is 1.52. The van der Waals surface area contributed by atoms with Gasteiger partial charge in [0.25, 0.3) is 5.91 Å². The van der Waals surface area contributed by atoms with Crippen LogP contribution in [0.1, 0.15) is 5.56 Å². The first-order valence-electron chi connectivity index (χ1n) is 9.54. The number of rotatable bonds is 4. The standard InChI is InChI=1S/C23H16ClN5O2/c24-15-8-9-20-17(11-15)22-23(27-19-7-2-1-6-18(19)26-22)29(20)13-21(31)28-25-12-14-4-3-5-16(30)10-14/h1-12,30H,13H2,(H,28,31). The Hall–Kier alpha value is -3.97. The first-order chi connectivity index (χ1) is 15.1. The maximum Gasteiger partial charge on any atom is 0.260 e. The molecule has 8 heteroatoms. The molecular weight excluding hydrogens is 414 g/mol. The summed E-state index contributed by atoms with van der Waals surface area (Å²) < 4.78 is 1.81. The summed E-state index contributed by atoms with van der Waals surface area (Å²) >= 11 is 6.22. The van der Waals surface area contributed by atoms with Crippen LogP contribution in [0.4, 0.5) is 0 Å². The predicted octanol–water partition coefficient (Wildman–Crippen LogP) is 4.25. The van der Waals surface area contributed by atoms with Crippen molar-refractivity contribution in [2.45, 2.75) is 6.54 Å². The third kappa shape index (κ3) is 3.67. The van der Waals surface area contributed by atoms with Crippen molar-refractivity contribution in [2.75, 3.05) is 0 Å². The summed E-state index contributed by atoms with van der Waals surface area (Å²) in [5.74, 6) is -0.190. The maximum atomic E-state index is 12.6. The molecule has 7 nitrogen and oxygen atoms in total. The molecule has 0 fully saturated rings. The number of aromatic nitrogens is 3. The number of halogens is 1. The van der Waals surface area contributed by atoms with Crippen LogP contribution in [0.15, 0.2) is 71.8 Å². The van der Waals surface area contributed by atoms with Gasteiger partial charge < -0.3 is 9.67 Å². The molecule has 0 aliphatic rings. The summed E-state index contributed by atoms with van der Waals surface area (Å²) in [4.78, 5) is 22.1. The van der Waals surface area contributed by atoms with Gasteiger partial charge >= 0.3 is 0 Å². The number of fused-ring (bicyclic) bond motifs is 4. The number of hydrogen-bond donors (Lipinski definition) is 2. The van der Waals surface area contributed by atoms with Crippen molar-refractivity contribution in [2.24, 2.45) is 5.10 Å². The van der Waals surface area contributed by atoms with E-state index in [1.54, 1.807) is 34.9 Å². The zero-order chi connectivity index (χ0) is 21.4. The third-order valence-corrected chi connectivity index (χ3v) is 5.12. The normalized spacial score (nSPS) is 11.6. The number of hydrogen-bond acceptors (Lipinski definition) is 5. The fourth-order valence-corrected chi connectivity index (χ4v) is 3.70. The Labute approximate surface area is 181 Å². The molecule has 5 rings (SSSR count). The lowest BCUT2D eigenvalue weighted by molar-refractivity contribution is -0.121. The van der Waals surface area contributed by atoms with Gasteiger partial charge in [0.15, 0.2) is 5.65 Å². The molecular formula is C23H16ClN5O2. The maximum absolute atomic E-state index is 12.6. The molecule has 1 amide bonds. The van der Waals surface area contributed by atoms with Gasteiger partial charge in [-0.3, -0.25) is 4.79 Å². The van der Waals surface area contributed by atoms with Crippen LogP contribution in [0.3, 0.4) is 0 Å². The highest BCUT2D eigenvalue weighted by molar-refractivity contribution is 6.31. The van der Waals surface area contributed by atoms with Gasteiger partial charge in [-0.15, -0.1) is 0 Å². The minimum Gasteiger partial charge on any atom is -0.508 e. The van der Waals surface area contributed by atoms with Crippen molar-refractivity contribution in [1.29, 1.82) is 0 Å². The number of benzene rings is 3. The van der Waals surface area contributed by atoms with Crippen LogP contribution in [-0.2, 0) is 11.3 Å². The van der Waals surface area contributed by atoms with Gasteiger partial charge in [-0.2, -0.15) is 5.10 Å². The first-order valence-corrected chi connectivity index (χ1v) is 9.91. The van der Waals surface area contributed by atoms with Crippen LogP contribution in [0.5, 0.6) is 5.75 Å².